The number of halogens is 1. The number of carbonyl (C=O) groups is 3. The minimum Gasteiger partial charge on any atom is -0.354 e. The zero-order valence-corrected chi connectivity index (χ0v) is 14.8. The Kier molecular flexibility index (Phi) is 6.33. The summed E-state index contributed by atoms with van der Waals surface area (Å²) in [7, 11) is 0. The Balaban J connectivity index is 1.69. The first-order chi connectivity index (χ1) is 11.0. The van der Waals surface area contributed by atoms with Crippen molar-refractivity contribution >= 4 is 33.7 Å². The molecule has 0 spiro atoms. The van der Waals surface area contributed by atoms with Gasteiger partial charge in [-0.3, -0.25) is 19.3 Å². The van der Waals surface area contributed by atoms with Crippen molar-refractivity contribution in [2.24, 2.45) is 0 Å². The second-order valence-electron chi connectivity index (χ2n) is 5.82. The molecule has 1 aromatic carbocycles. The maximum Gasteiger partial charge on any atom is 0.229 e. The average molecular weight is 381 g/mol. The second kappa shape index (κ2) is 8.24. The van der Waals surface area contributed by atoms with Gasteiger partial charge in [0, 0.05) is 36.3 Å². The normalized spacial score (nSPS) is 15.8. The Labute approximate surface area is 144 Å². The summed E-state index contributed by atoms with van der Waals surface area (Å²) in [6, 6.07) is 8.17. The molecule has 1 unspecified atom stereocenters. The van der Waals surface area contributed by atoms with Crippen molar-refractivity contribution in [1.82, 2.24) is 10.2 Å². The Morgan fingerprint density at radius 3 is 2.43 bits per heavy atom. The summed E-state index contributed by atoms with van der Waals surface area (Å²) in [5.41, 5.74) is 1.22. The zero-order chi connectivity index (χ0) is 16.8. The Morgan fingerprint density at radius 1 is 1.22 bits per heavy atom. The zero-order valence-electron chi connectivity index (χ0n) is 13.2. The topological polar surface area (TPSA) is 66.5 Å². The van der Waals surface area contributed by atoms with Crippen molar-refractivity contribution in [3.8, 4) is 0 Å². The number of nitrogens with zero attached hydrogens (tertiary/aromatic N) is 1. The van der Waals surface area contributed by atoms with Crippen LogP contribution in [0.1, 0.15) is 38.2 Å². The molecule has 0 aliphatic carbocycles. The highest BCUT2D eigenvalue weighted by Gasteiger charge is 2.28. The number of hydrogen-bond donors (Lipinski definition) is 1. The van der Waals surface area contributed by atoms with Gasteiger partial charge < -0.3 is 5.32 Å². The molecule has 0 bridgehead atoms. The number of rotatable bonds is 7. The molecule has 124 valence electrons. The van der Waals surface area contributed by atoms with Gasteiger partial charge in [0.05, 0.1) is 0 Å². The molecule has 23 heavy (non-hydrogen) atoms. The molecular weight excluding hydrogens is 360 g/mol. The lowest BCUT2D eigenvalue weighted by Crippen LogP contribution is -2.37. The highest BCUT2D eigenvalue weighted by molar-refractivity contribution is 9.10. The van der Waals surface area contributed by atoms with Crippen LogP contribution in [0.15, 0.2) is 28.7 Å². The molecule has 1 N–H and O–H groups in total. The third-order valence-corrected chi connectivity index (χ3v) is 4.43. The number of benzene rings is 1. The lowest BCUT2D eigenvalue weighted by molar-refractivity contribution is -0.138. The summed E-state index contributed by atoms with van der Waals surface area (Å²) in [6.45, 7) is 2.14. The number of nitrogens with one attached hydrogen (secondary N) is 1. The SMILES string of the molecule is CC(CCc1ccc(Br)cc1)NC(=O)CCN1C(=O)CCC1=O. The summed E-state index contributed by atoms with van der Waals surface area (Å²) >= 11 is 3.40. The molecule has 1 heterocycles. The Morgan fingerprint density at radius 2 is 1.83 bits per heavy atom. The molecule has 0 saturated carbocycles. The van der Waals surface area contributed by atoms with E-state index < -0.39 is 0 Å². The number of imide groups is 1. The van der Waals surface area contributed by atoms with Crippen LogP contribution in [0.5, 0.6) is 0 Å². The van der Waals surface area contributed by atoms with Crippen LogP contribution in [0.3, 0.4) is 0 Å². The van der Waals surface area contributed by atoms with E-state index in [0.717, 1.165) is 17.3 Å². The van der Waals surface area contributed by atoms with E-state index in [-0.39, 0.29) is 49.6 Å². The number of likely N-dealkylation sites (tertiary alicyclic amines) is 1. The average Bonchev–Trinajstić information content (AvgIpc) is 2.83. The molecule has 1 fully saturated rings. The van der Waals surface area contributed by atoms with Gasteiger partial charge in [-0.25, -0.2) is 0 Å². The first-order valence-corrected chi connectivity index (χ1v) is 8.62. The third-order valence-electron chi connectivity index (χ3n) is 3.90. The first-order valence-electron chi connectivity index (χ1n) is 7.82. The van der Waals surface area contributed by atoms with Crippen LogP contribution >= 0.6 is 15.9 Å². The number of amides is 3. The highest BCUT2D eigenvalue weighted by atomic mass is 79.9. The molecule has 0 radical (unpaired) electrons. The van der Waals surface area contributed by atoms with E-state index in [4.69, 9.17) is 0 Å². The molecule has 1 saturated heterocycles. The predicted molar refractivity (Wildman–Crippen MR) is 90.6 cm³/mol. The molecule has 2 rings (SSSR count). The lowest BCUT2D eigenvalue weighted by atomic mass is 10.1. The van der Waals surface area contributed by atoms with E-state index in [1.807, 2.05) is 19.1 Å². The van der Waals surface area contributed by atoms with E-state index in [9.17, 15) is 14.4 Å². The van der Waals surface area contributed by atoms with Crippen molar-refractivity contribution in [1.29, 1.82) is 0 Å². The molecule has 1 aromatic rings. The fourth-order valence-electron chi connectivity index (χ4n) is 2.54. The molecular formula is C17H21BrN2O3. The van der Waals surface area contributed by atoms with Crippen molar-refractivity contribution in [3.63, 3.8) is 0 Å². The second-order valence-corrected chi connectivity index (χ2v) is 6.74. The van der Waals surface area contributed by atoms with Gasteiger partial charge in [-0.05, 0) is 37.5 Å². The minimum atomic E-state index is -0.175. The molecule has 1 aliphatic heterocycles. The summed E-state index contributed by atoms with van der Waals surface area (Å²) in [5.74, 6) is -0.474. The van der Waals surface area contributed by atoms with Crippen LogP contribution in [0.2, 0.25) is 0 Å². The van der Waals surface area contributed by atoms with Gasteiger partial charge in [0.15, 0.2) is 0 Å². The number of carbonyl (C=O) groups excluding carboxylic acids is 3. The van der Waals surface area contributed by atoms with E-state index >= 15 is 0 Å². The fraction of sp³-hybridized carbons (Fsp3) is 0.471. The Hall–Kier alpha value is -1.69. The molecule has 1 aliphatic rings. The standard InChI is InChI=1S/C17H21BrN2O3/c1-12(2-3-13-4-6-14(18)7-5-13)19-15(21)10-11-20-16(22)8-9-17(20)23/h4-7,12H,2-3,8-11H2,1H3,(H,19,21). The molecule has 3 amide bonds. The molecule has 5 nitrogen and oxygen atoms in total. The number of aryl methyl sites for hydroxylation is 1. The fourth-order valence-corrected chi connectivity index (χ4v) is 2.80. The largest absolute Gasteiger partial charge is 0.354 e. The molecule has 0 aromatic heterocycles. The predicted octanol–water partition coefficient (Wildman–Crippen LogP) is 2.43. The maximum atomic E-state index is 11.9. The van der Waals surface area contributed by atoms with Crippen molar-refractivity contribution in [2.75, 3.05) is 6.54 Å². The van der Waals surface area contributed by atoms with E-state index in [1.54, 1.807) is 0 Å². The van der Waals surface area contributed by atoms with Crippen molar-refractivity contribution < 1.29 is 14.4 Å². The maximum absolute atomic E-state index is 11.9. The van der Waals surface area contributed by atoms with E-state index in [2.05, 4.69) is 33.4 Å². The van der Waals surface area contributed by atoms with E-state index in [0.29, 0.717) is 0 Å². The summed E-state index contributed by atoms with van der Waals surface area (Å²) in [4.78, 5) is 36.0. The van der Waals surface area contributed by atoms with Gasteiger partial charge in [-0.15, -0.1) is 0 Å². The van der Waals surface area contributed by atoms with Crippen molar-refractivity contribution in [2.45, 2.75) is 45.1 Å². The molecule has 1 atom stereocenters. The van der Waals surface area contributed by atoms with Crippen molar-refractivity contribution in [3.05, 3.63) is 34.3 Å². The van der Waals surface area contributed by atoms with Crippen LogP contribution in [0.4, 0.5) is 0 Å². The van der Waals surface area contributed by atoms with Crippen LogP contribution in [-0.4, -0.2) is 35.2 Å². The van der Waals surface area contributed by atoms with Gasteiger partial charge in [0.1, 0.15) is 0 Å². The van der Waals surface area contributed by atoms with Crippen LogP contribution in [0, 0.1) is 0 Å². The summed E-state index contributed by atoms with van der Waals surface area (Å²) < 4.78 is 1.05. The lowest BCUT2D eigenvalue weighted by Gasteiger charge is -2.16. The van der Waals surface area contributed by atoms with Gasteiger partial charge in [-0.1, -0.05) is 28.1 Å². The number of hydrogen-bond acceptors (Lipinski definition) is 3. The molecule has 6 heteroatoms. The Bertz CT molecular complexity index is 570. The third kappa shape index (κ3) is 5.46. The quantitative estimate of drug-likeness (QED) is 0.738. The van der Waals surface area contributed by atoms with Crippen LogP contribution in [-0.2, 0) is 20.8 Å². The first kappa shape index (κ1) is 17.7. The smallest absolute Gasteiger partial charge is 0.229 e. The van der Waals surface area contributed by atoms with Gasteiger partial charge in [-0.2, -0.15) is 0 Å². The highest BCUT2D eigenvalue weighted by Crippen LogP contribution is 2.13. The summed E-state index contributed by atoms with van der Waals surface area (Å²) in [6.07, 6.45) is 2.43. The van der Waals surface area contributed by atoms with Gasteiger partial charge in [0.2, 0.25) is 17.7 Å². The van der Waals surface area contributed by atoms with Gasteiger partial charge in [0.25, 0.3) is 0 Å². The van der Waals surface area contributed by atoms with Crippen LogP contribution in [0.25, 0.3) is 0 Å². The summed E-state index contributed by atoms with van der Waals surface area (Å²) in [5, 5.41) is 2.92. The monoisotopic (exact) mass is 380 g/mol. The minimum absolute atomic E-state index is 0.0520. The van der Waals surface area contributed by atoms with Crippen LogP contribution < -0.4 is 5.32 Å². The van der Waals surface area contributed by atoms with E-state index in [1.165, 1.54) is 10.5 Å². The van der Waals surface area contributed by atoms with Gasteiger partial charge >= 0.3 is 0 Å².